The lowest BCUT2D eigenvalue weighted by Crippen LogP contribution is -2.62. The summed E-state index contributed by atoms with van der Waals surface area (Å²) in [6.45, 7) is 9.58. The molecule has 0 aromatic carbocycles. The van der Waals surface area contributed by atoms with Crippen LogP contribution in [-0.2, 0) is 18.9 Å². The maximum atomic E-state index is 11.6. The van der Waals surface area contributed by atoms with Crippen molar-refractivity contribution < 1.29 is 70.0 Å². The van der Waals surface area contributed by atoms with E-state index in [1.807, 2.05) is 0 Å². The van der Waals surface area contributed by atoms with E-state index in [4.69, 9.17) is 18.9 Å². The summed E-state index contributed by atoms with van der Waals surface area (Å²) in [5.41, 5.74) is 0.176. The van der Waals surface area contributed by atoms with Gasteiger partial charge in [0.05, 0.1) is 37.6 Å². The van der Waals surface area contributed by atoms with E-state index in [1.165, 1.54) is 0 Å². The van der Waals surface area contributed by atoms with Crippen molar-refractivity contribution in [3.05, 3.63) is 11.6 Å². The van der Waals surface area contributed by atoms with Gasteiger partial charge in [-0.05, 0) is 85.9 Å². The highest BCUT2D eigenvalue weighted by Crippen LogP contribution is 2.68. The van der Waals surface area contributed by atoms with Gasteiger partial charge >= 0.3 is 0 Å². The van der Waals surface area contributed by atoms with Crippen molar-refractivity contribution in [1.29, 1.82) is 0 Å². The van der Waals surface area contributed by atoms with Crippen LogP contribution in [0.4, 0.5) is 0 Å². The summed E-state index contributed by atoms with van der Waals surface area (Å²) >= 11 is 0. The third-order valence-electron chi connectivity index (χ3n) is 14.7. The zero-order valence-corrected chi connectivity index (χ0v) is 31.8. The molecular weight excluding hydrogens is 692 g/mol. The maximum Gasteiger partial charge on any atom is 0.187 e. The van der Waals surface area contributed by atoms with Crippen molar-refractivity contribution in [2.24, 2.45) is 46.3 Å². The van der Waals surface area contributed by atoms with Crippen molar-refractivity contribution in [1.82, 2.24) is 0 Å². The van der Waals surface area contributed by atoms with E-state index in [2.05, 4.69) is 40.7 Å². The molecule has 5 fully saturated rings. The number of rotatable bonds is 11. The molecule has 0 amide bonds. The Bertz CT molecular complexity index is 1260. The predicted molar refractivity (Wildman–Crippen MR) is 188 cm³/mol. The lowest BCUT2D eigenvalue weighted by atomic mass is 9.46. The Morgan fingerprint density at radius 1 is 0.774 bits per heavy atom. The van der Waals surface area contributed by atoms with Gasteiger partial charge in [0.25, 0.3) is 0 Å². The zero-order valence-electron chi connectivity index (χ0n) is 31.8. The van der Waals surface area contributed by atoms with Crippen molar-refractivity contribution >= 4 is 0 Å². The number of ether oxygens (including phenoxy) is 4. The molecule has 53 heavy (non-hydrogen) atoms. The first-order chi connectivity index (χ1) is 25.0. The molecule has 0 aromatic heterocycles. The first-order valence-electron chi connectivity index (χ1n) is 19.9. The molecule has 10 N–H and O–H groups in total. The lowest BCUT2D eigenvalue weighted by Gasteiger charge is -2.60. The molecule has 14 heteroatoms. The summed E-state index contributed by atoms with van der Waals surface area (Å²) in [6.07, 6.45) is -9.27. The Hall–Kier alpha value is -0.820. The van der Waals surface area contributed by atoms with Crippen LogP contribution in [0.1, 0.15) is 86.0 Å². The zero-order chi connectivity index (χ0) is 38.7. The number of aliphatic hydroxyl groups is 10. The fraction of sp³-hybridized carbons (Fsp3) is 0.949. The van der Waals surface area contributed by atoms with Crippen LogP contribution < -0.4 is 0 Å². The Kier molecular flexibility index (Phi) is 12.8. The minimum absolute atomic E-state index is 0.0794. The van der Waals surface area contributed by atoms with E-state index in [0.29, 0.717) is 25.2 Å². The van der Waals surface area contributed by atoms with E-state index in [-0.39, 0.29) is 41.4 Å². The highest BCUT2D eigenvalue weighted by molar-refractivity contribution is 5.28. The normalized spacial score (nSPS) is 51.2. The summed E-state index contributed by atoms with van der Waals surface area (Å²) in [5.74, 6) is 0.371. The van der Waals surface area contributed by atoms with Gasteiger partial charge in [0.2, 0.25) is 0 Å². The maximum absolute atomic E-state index is 11.6. The molecule has 306 valence electrons. The molecule has 14 nitrogen and oxygen atoms in total. The van der Waals surface area contributed by atoms with Crippen LogP contribution in [0.5, 0.6) is 0 Å². The highest BCUT2D eigenvalue weighted by Gasteiger charge is 2.65. The number of allylic oxidation sites excluding steroid dienone is 1. The van der Waals surface area contributed by atoms with E-state index in [1.54, 1.807) is 0 Å². The summed E-state index contributed by atoms with van der Waals surface area (Å²) in [7, 11) is 0. The van der Waals surface area contributed by atoms with Gasteiger partial charge in [-0.1, -0.05) is 46.3 Å². The van der Waals surface area contributed by atoms with Crippen molar-refractivity contribution in [2.45, 2.75) is 172 Å². The summed E-state index contributed by atoms with van der Waals surface area (Å²) in [4.78, 5) is 0. The molecule has 0 spiro atoms. The predicted octanol–water partition coefficient (Wildman–Crippen LogP) is -0.0505. The summed E-state index contributed by atoms with van der Waals surface area (Å²) < 4.78 is 24.8. The quantitative estimate of drug-likeness (QED) is 0.124. The fourth-order valence-electron chi connectivity index (χ4n) is 11.7. The Balaban J connectivity index is 1.31. The minimum atomic E-state index is -1.59. The molecule has 0 radical (unpaired) electrons. The van der Waals surface area contributed by atoms with Gasteiger partial charge in [0, 0.05) is 11.8 Å². The molecule has 2 aliphatic heterocycles. The molecular formula is C39H66O14. The third-order valence-corrected chi connectivity index (χ3v) is 14.7. The topological polar surface area (TPSA) is 239 Å². The number of hydrogen-bond donors (Lipinski definition) is 10. The standard InChI is InChI=1S/C39H66O14/c1-17(2)6-9-24(43)18(3)29-25(50-36-34(48)32(46)30(44)26(15-40)51-36)14-23-21-8-7-19-12-20(42)13-28(39(19,5)22(21)10-11-38(23,29)4)53-37-35(49)33(47)31(45)27(16-41)52-37/h7,17-18,20-37,40-49H,6,8-16H2,1-5H3/t18-,20-,21-,22+,23+,24+,25+,26+,27-,28-,29+,30+,31-,32-,33+,34+,35+,36+,37+,38+,39-/m1/s1. The monoisotopic (exact) mass is 758 g/mol. The smallest absolute Gasteiger partial charge is 0.187 e. The van der Waals surface area contributed by atoms with E-state index < -0.39 is 104 Å². The molecule has 6 rings (SSSR count). The van der Waals surface area contributed by atoms with Crippen molar-refractivity contribution in [3.8, 4) is 0 Å². The first kappa shape index (κ1) is 41.8. The largest absolute Gasteiger partial charge is 0.394 e. The number of fused-ring (bicyclic) bond motifs is 5. The molecule has 0 bridgehead atoms. The fourth-order valence-corrected chi connectivity index (χ4v) is 11.7. The van der Waals surface area contributed by atoms with Gasteiger partial charge in [-0.3, -0.25) is 0 Å². The molecule has 0 unspecified atom stereocenters. The summed E-state index contributed by atoms with van der Waals surface area (Å²) in [5, 5.41) is 106. The van der Waals surface area contributed by atoms with Crippen LogP contribution in [-0.4, -0.2) is 150 Å². The third kappa shape index (κ3) is 7.42. The van der Waals surface area contributed by atoms with Crippen LogP contribution >= 0.6 is 0 Å². The average molecular weight is 759 g/mol. The van der Waals surface area contributed by atoms with Gasteiger partial charge < -0.3 is 70.0 Å². The van der Waals surface area contributed by atoms with Crippen LogP contribution in [0.25, 0.3) is 0 Å². The van der Waals surface area contributed by atoms with Crippen molar-refractivity contribution in [3.63, 3.8) is 0 Å². The van der Waals surface area contributed by atoms with Crippen LogP contribution in [0.15, 0.2) is 11.6 Å². The highest BCUT2D eigenvalue weighted by atomic mass is 16.7. The van der Waals surface area contributed by atoms with Gasteiger partial charge in [0.1, 0.15) is 48.8 Å². The van der Waals surface area contributed by atoms with Gasteiger partial charge in [-0.25, -0.2) is 0 Å². The number of aliphatic hydroxyl groups excluding tert-OH is 10. The van der Waals surface area contributed by atoms with Gasteiger partial charge in [-0.15, -0.1) is 0 Å². The first-order valence-corrected chi connectivity index (χ1v) is 19.9. The van der Waals surface area contributed by atoms with Gasteiger partial charge in [-0.2, -0.15) is 0 Å². The van der Waals surface area contributed by atoms with Gasteiger partial charge in [0.15, 0.2) is 12.6 Å². The Labute approximate surface area is 312 Å². The second-order valence-corrected chi connectivity index (χ2v) is 18.1. The van der Waals surface area contributed by atoms with Crippen LogP contribution in [0.3, 0.4) is 0 Å². The number of hydrogen-bond acceptors (Lipinski definition) is 14. The minimum Gasteiger partial charge on any atom is -0.394 e. The van der Waals surface area contributed by atoms with Crippen LogP contribution in [0, 0.1) is 46.3 Å². The van der Waals surface area contributed by atoms with Crippen molar-refractivity contribution in [2.75, 3.05) is 13.2 Å². The summed E-state index contributed by atoms with van der Waals surface area (Å²) in [6, 6.07) is 0. The molecule has 4 aliphatic carbocycles. The molecule has 0 aromatic rings. The molecule has 2 heterocycles. The lowest BCUT2D eigenvalue weighted by molar-refractivity contribution is -0.324. The van der Waals surface area contributed by atoms with E-state index >= 15 is 0 Å². The average Bonchev–Trinajstić information content (AvgIpc) is 3.42. The molecule has 21 atom stereocenters. The second-order valence-electron chi connectivity index (χ2n) is 18.1. The van der Waals surface area contributed by atoms with Crippen LogP contribution in [0.2, 0.25) is 0 Å². The molecule has 2 saturated heterocycles. The SMILES string of the molecule is CC(C)CC[C@H](O)[C@@H](C)[C@H]1[C@@H](O[C@H]2O[C@@H](CO)[C@H](O)[C@@H](O)[C@@H]2O)C[C@H]2[C@@H]3CC=C4C[C@@H](O)C[C@@H](O[C@@H]5O[C@H](CO)[C@@H](O)[C@H](O)[C@@H]5O)[C@@]4(C)[C@H]3CC[C@]12C. The Morgan fingerprint density at radius 2 is 1.36 bits per heavy atom. The second kappa shape index (κ2) is 16.2. The van der Waals surface area contributed by atoms with E-state index in [9.17, 15) is 51.1 Å². The van der Waals surface area contributed by atoms with E-state index in [0.717, 1.165) is 31.3 Å². The molecule has 3 saturated carbocycles. The Morgan fingerprint density at radius 3 is 1.92 bits per heavy atom. The molecule has 6 aliphatic rings.